The average Bonchev–Trinajstić information content (AvgIpc) is 2.93. The van der Waals surface area contributed by atoms with Crippen molar-refractivity contribution >= 4 is 33.6 Å². The maximum Gasteiger partial charge on any atom is 0.336 e. The van der Waals surface area contributed by atoms with Gasteiger partial charge in [0.05, 0.1) is 24.7 Å². The Kier molecular flexibility index (Phi) is 5.99. The number of aliphatic imine (C=N–C) groups is 1. The van der Waals surface area contributed by atoms with Crippen LogP contribution in [-0.4, -0.2) is 30.9 Å². The third-order valence-electron chi connectivity index (χ3n) is 3.76. The maximum absolute atomic E-state index is 12.5. The van der Waals surface area contributed by atoms with Crippen LogP contribution in [0, 0.1) is 5.92 Å². The van der Waals surface area contributed by atoms with Crippen molar-refractivity contribution in [2.45, 2.75) is 33.6 Å². The molecule has 0 saturated heterocycles. The number of halogens is 1. The molecule has 0 bridgehead atoms. The summed E-state index contributed by atoms with van der Waals surface area (Å²) in [6, 6.07) is 3.45. The number of esters is 2. The van der Waals surface area contributed by atoms with E-state index in [-0.39, 0.29) is 13.2 Å². The summed E-state index contributed by atoms with van der Waals surface area (Å²) in [5, 5.41) is 0. The summed E-state index contributed by atoms with van der Waals surface area (Å²) in [5.41, 5.74) is 1.42. The van der Waals surface area contributed by atoms with Crippen molar-refractivity contribution < 1.29 is 23.5 Å². The van der Waals surface area contributed by atoms with Crippen LogP contribution >= 0.6 is 15.9 Å². The van der Waals surface area contributed by atoms with Crippen molar-refractivity contribution in [2.24, 2.45) is 10.9 Å². The number of rotatable bonds is 5. The fourth-order valence-electron chi connectivity index (χ4n) is 2.85. The molecule has 130 valence electrons. The quantitative estimate of drug-likeness (QED) is 0.708. The highest BCUT2D eigenvalue weighted by molar-refractivity contribution is 9.10. The van der Waals surface area contributed by atoms with Gasteiger partial charge in [0, 0.05) is 11.4 Å². The molecule has 24 heavy (non-hydrogen) atoms. The number of ether oxygens (including phenoxy) is 2. The van der Waals surface area contributed by atoms with Gasteiger partial charge in [-0.1, -0.05) is 0 Å². The third kappa shape index (κ3) is 3.61. The van der Waals surface area contributed by atoms with Gasteiger partial charge in [0.15, 0.2) is 4.67 Å². The van der Waals surface area contributed by atoms with Crippen molar-refractivity contribution in [3.8, 4) is 0 Å². The Bertz CT molecular complexity index is 704. The standard InChI is InChI=1S/C17H20BrNO5/c1-5-22-16(20)13-9(3)19-10(4)14(17(21)23-6-2)15(13)11-7-8-12(18)24-11/h7-8,13,15H,5-6H2,1-4H3. The van der Waals surface area contributed by atoms with Gasteiger partial charge in [-0.2, -0.15) is 0 Å². The van der Waals surface area contributed by atoms with Gasteiger partial charge in [0.1, 0.15) is 11.7 Å². The van der Waals surface area contributed by atoms with Crippen LogP contribution in [0.3, 0.4) is 0 Å². The van der Waals surface area contributed by atoms with E-state index in [2.05, 4.69) is 20.9 Å². The highest BCUT2D eigenvalue weighted by atomic mass is 79.9. The Labute approximate surface area is 149 Å². The van der Waals surface area contributed by atoms with E-state index < -0.39 is 23.8 Å². The number of furan rings is 1. The lowest BCUT2D eigenvalue weighted by Crippen LogP contribution is -2.36. The van der Waals surface area contributed by atoms with E-state index >= 15 is 0 Å². The Morgan fingerprint density at radius 2 is 1.88 bits per heavy atom. The molecule has 6 nitrogen and oxygen atoms in total. The lowest BCUT2D eigenvalue weighted by Gasteiger charge is -2.29. The van der Waals surface area contributed by atoms with Crippen LogP contribution in [0.2, 0.25) is 0 Å². The summed E-state index contributed by atoms with van der Waals surface area (Å²) in [7, 11) is 0. The molecule has 0 N–H and O–H groups in total. The molecule has 0 amide bonds. The molecule has 7 heteroatoms. The van der Waals surface area contributed by atoms with Crippen molar-refractivity contribution in [3.63, 3.8) is 0 Å². The molecule has 1 aromatic heterocycles. The number of hydrogen-bond acceptors (Lipinski definition) is 6. The highest BCUT2D eigenvalue weighted by Crippen LogP contribution is 2.41. The van der Waals surface area contributed by atoms with E-state index in [1.807, 2.05) is 0 Å². The van der Waals surface area contributed by atoms with Crippen molar-refractivity contribution in [1.29, 1.82) is 0 Å². The fourth-order valence-corrected chi connectivity index (χ4v) is 3.17. The van der Waals surface area contributed by atoms with Crippen LogP contribution in [0.5, 0.6) is 0 Å². The zero-order valence-corrected chi connectivity index (χ0v) is 15.7. The second kappa shape index (κ2) is 7.79. The van der Waals surface area contributed by atoms with Gasteiger partial charge in [0.2, 0.25) is 0 Å². The molecule has 2 unspecified atom stereocenters. The van der Waals surface area contributed by atoms with E-state index in [1.54, 1.807) is 39.8 Å². The number of carbonyl (C=O) groups excluding carboxylic acids is 2. The van der Waals surface area contributed by atoms with E-state index in [4.69, 9.17) is 13.9 Å². The molecule has 0 fully saturated rings. The number of nitrogens with zero attached hydrogens (tertiary/aromatic N) is 1. The molecule has 1 aromatic rings. The van der Waals surface area contributed by atoms with Crippen LogP contribution in [0.4, 0.5) is 0 Å². The molecule has 1 aliphatic heterocycles. The summed E-state index contributed by atoms with van der Waals surface area (Å²) < 4.78 is 16.5. The lowest BCUT2D eigenvalue weighted by molar-refractivity contribution is -0.146. The van der Waals surface area contributed by atoms with E-state index in [9.17, 15) is 9.59 Å². The van der Waals surface area contributed by atoms with Crippen LogP contribution in [-0.2, 0) is 19.1 Å². The van der Waals surface area contributed by atoms with E-state index in [0.29, 0.717) is 27.4 Å². The van der Waals surface area contributed by atoms with Gasteiger partial charge in [-0.25, -0.2) is 4.79 Å². The van der Waals surface area contributed by atoms with Crippen molar-refractivity contribution in [3.05, 3.63) is 33.8 Å². The molecule has 0 aliphatic carbocycles. The Hall–Kier alpha value is -1.89. The molecule has 0 saturated carbocycles. The van der Waals surface area contributed by atoms with Crippen LogP contribution in [0.25, 0.3) is 0 Å². The second-order valence-corrected chi connectivity index (χ2v) is 6.10. The van der Waals surface area contributed by atoms with Crippen molar-refractivity contribution in [2.75, 3.05) is 13.2 Å². The second-order valence-electron chi connectivity index (χ2n) is 5.32. The summed E-state index contributed by atoms with van der Waals surface area (Å²) in [5.74, 6) is -1.82. The third-order valence-corrected chi connectivity index (χ3v) is 4.19. The molecular formula is C17H20BrNO5. The highest BCUT2D eigenvalue weighted by Gasteiger charge is 2.44. The molecule has 0 spiro atoms. The first-order valence-electron chi connectivity index (χ1n) is 7.75. The minimum absolute atomic E-state index is 0.233. The van der Waals surface area contributed by atoms with Gasteiger partial charge in [0.25, 0.3) is 0 Å². The summed E-state index contributed by atoms with van der Waals surface area (Å²) in [6.07, 6.45) is 0. The minimum atomic E-state index is -0.730. The van der Waals surface area contributed by atoms with Crippen LogP contribution in [0.15, 0.2) is 37.5 Å². The van der Waals surface area contributed by atoms with Gasteiger partial charge >= 0.3 is 11.9 Å². The Morgan fingerprint density at radius 3 is 2.42 bits per heavy atom. The van der Waals surface area contributed by atoms with Crippen LogP contribution in [0.1, 0.15) is 39.4 Å². The number of carbonyl (C=O) groups is 2. The first-order valence-corrected chi connectivity index (χ1v) is 8.54. The smallest absolute Gasteiger partial charge is 0.336 e. The van der Waals surface area contributed by atoms with Crippen molar-refractivity contribution in [1.82, 2.24) is 0 Å². The van der Waals surface area contributed by atoms with E-state index in [1.165, 1.54) is 0 Å². The predicted octanol–water partition coefficient (Wildman–Crippen LogP) is 3.62. The molecule has 0 aromatic carbocycles. The summed E-state index contributed by atoms with van der Waals surface area (Å²) in [6.45, 7) is 7.41. The normalized spacial score (nSPS) is 20.6. The average molecular weight is 398 g/mol. The first-order chi connectivity index (χ1) is 11.4. The zero-order valence-electron chi connectivity index (χ0n) is 14.1. The predicted molar refractivity (Wildman–Crippen MR) is 91.7 cm³/mol. The minimum Gasteiger partial charge on any atom is -0.465 e. The summed E-state index contributed by atoms with van der Waals surface area (Å²) >= 11 is 3.26. The largest absolute Gasteiger partial charge is 0.465 e. The number of allylic oxidation sites excluding steroid dienone is 1. The van der Waals surface area contributed by atoms with Gasteiger partial charge in [-0.15, -0.1) is 0 Å². The Morgan fingerprint density at radius 1 is 1.21 bits per heavy atom. The van der Waals surface area contributed by atoms with Gasteiger partial charge in [-0.3, -0.25) is 9.79 Å². The summed E-state index contributed by atoms with van der Waals surface area (Å²) in [4.78, 5) is 29.4. The molecule has 2 rings (SSSR count). The van der Waals surface area contributed by atoms with Crippen LogP contribution < -0.4 is 0 Å². The maximum atomic E-state index is 12.5. The molecule has 2 atom stereocenters. The SMILES string of the molecule is CCOC(=O)C1=C(C)N=C(C)C(C(=O)OCC)C1c1ccc(Br)o1. The number of hydrogen-bond donors (Lipinski definition) is 0. The van der Waals surface area contributed by atoms with E-state index in [0.717, 1.165) is 0 Å². The monoisotopic (exact) mass is 397 g/mol. The lowest BCUT2D eigenvalue weighted by atomic mass is 9.78. The first kappa shape index (κ1) is 18.4. The fraction of sp³-hybridized carbons (Fsp3) is 0.471. The molecular weight excluding hydrogens is 378 g/mol. The topological polar surface area (TPSA) is 78.1 Å². The molecule has 2 heterocycles. The van der Waals surface area contributed by atoms with Gasteiger partial charge in [-0.05, 0) is 55.8 Å². The molecule has 0 radical (unpaired) electrons. The zero-order chi connectivity index (χ0) is 17.9. The van der Waals surface area contributed by atoms with Gasteiger partial charge < -0.3 is 13.9 Å². The Balaban J connectivity index is 2.58. The molecule has 1 aliphatic rings.